The van der Waals surface area contributed by atoms with Gasteiger partial charge in [-0.25, -0.2) is 0 Å². The van der Waals surface area contributed by atoms with Crippen molar-refractivity contribution in [3.8, 4) is 0 Å². The molecule has 0 aliphatic heterocycles. The average molecular weight is 154 g/mol. The average Bonchev–Trinajstić information content (AvgIpc) is 1.88. The molecule has 0 saturated carbocycles. The monoisotopic (exact) mass is 154 g/mol. The van der Waals surface area contributed by atoms with E-state index in [1.54, 1.807) is 5.57 Å². The Morgan fingerprint density at radius 3 is 1.55 bits per heavy atom. The van der Waals surface area contributed by atoms with E-state index < -0.39 is 0 Å². The van der Waals surface area contributed by atoms with Crippen molar-refractivity contribution in [3.05, 3.63) is 11.6 Å². The van der Waals surface area contributed by atoms with E-state index >= 15 is 0 Å². The third-order valence-electron chi connectivity index (χ3n) is 2.53. The van der Waals surface area contributed by atoms with Crippen molar-refractivity contribution in [2.75, 3.05) is 0 Å². The van der Waals surface area contributed by atoms with Crippen molar-refractivity contribution in [1.82, 2.24) is 0 Å². The van der Waals surface area contributed by atoms with Crippen LogP contribution in [0.2, 0.25) is 0 Å². The van der Waals surface area contributed by atoms with Gasteiger partial charge in [-0.1, -0.05) is 46.3 Å². The van der Waals surface area contributed by atoms with Crippen LogP contribution in [0.1, 0.15) is 41.5 Å². The fraction of sp³-hybridized carbons (Fsp3) is 0.818. The van der Waals surface area contributed by atoms with Gasteiger partial charge < -0.3 is 0 Å². The molecule has 0 saturated heterocycles. The summed E-state index contributed by atoms with van der Waals surface area (Å²) < 4.78 is 0. The molecule has 0 aromatic heterocycles. The molecule has 1 unspecified atom stereocenters. The van der Waals surface area contributed by atoms with E-state index in [-0.39, 0.29) is 0 Å². The van der Waals surface area contributed by atoms with E-state index in [1.165, 1.54) is 0 Å². The van der Waals surface area contributed by atoms with E-state index in [1.807, 2.05) is 0 Å². The first-order chi connectivity index (χ1) is 5.00. The molecule has 0 bridgehead atoms. The van der Waals surface area contributed by atoms with E-state index in [4.69, 9.17) is 0 Å². The zero-order valence-corrected chi connectivity index (χ0v) is 8.81. The second-order valence-corrected chi connectivity index (χ2v) is 3.98. The molecule has 0 aromatic carbocycles. The molecule has 0 heterocycles. The van der Waals surface area contributed by atoms with E-state index in [0.717, 1.165) is 11.8 Å². The summed E-state index contributed by atoms with van der Waals surface area (Å²) in [5, 5.41) is 0. The van der Waals surface area contributed by atoms with E-state index in [0.29, 0.717) is 5.92 Å². The molecule has 0 fully saturated rings. The number of rotatable bonds is 3. The van der Waals surface area contributed by atoms with Crippen LogP contribution in [-0.2, 0) is 0 Å². The summed E-state index contributed by atoms with van der Waals surface area (Å²) in [4.78, 5) is 0. The van der Waals surface area contributed by atoms with Crippen molar-refractivity contribution in [2.45, 2.75) is 41.5 Å². The molecule has 1 atom stereocenters. The summed E-state index contributed by atoms with van der Waals surface area (Å²) in [6.45, 7) is 13.6. The first kappa shape index (κ1) is 10.7. The molecule has 0 nitrogen and oxygen atoms in total. The Morgan fingerprint density at radius 2 is 1.45 bits per heavy atom. The Morgan fingerprint density at radius 1 is 1.00 bits per heavy atom. The summed E-state index contributed by atoms with van der Waals surface area (Å²) in [6.07, 6.45) is 2.27. The minimum atomic E-state index is 0.706. The molecule has 0 amide bonds. The van der Waals surface area contributed by atoms with Gasteiger partial charge in [-0.15, -0.1) is 0 Å². The molecule has 0 aromatic rings. The van der Waals surface area contributed by atoms with Gasteiger partial charge >= 0.3 is 0 Å². The van der Waals surface area contributed by atoms with Crippen molar-refractivity contribution in [3.63, 3.8) is 0 Å². The lowest BCUT2D eigenvalue weighted by molar-refractivity contribution is 0.443. The van der Waals surface area contributed by atoms with Crippen LogP contribution >= 0.6 is 0 Å². The SMILES string of the molecule is CC=C(C(C)C)C(C)C(C)C. The van der Waals surface area contributed by atoms with Crippen LogP contribution in [0.4, 0.5) is 0 Å². The molecule has 0 heteroatoms. The Kier molecular flexibility index (Phi) is 4.48. The Balaban J connectivity index is 4.28. The minimum Gasteiger partial charge on any atom is -0.0879 e. The normalized spacial score (nSPS) is 16.2. The molecule has 0 aliphatic rings. The number of hydrogen-bond donors (Lipinski definition) is 0. The molecule has 0 N–H and O–H groups in total. The highest BCUT2D eigenvalue weighted by Crippen LogP contribution is 2.25. The Bertz CT molecular complexity index is 129. The fourth-order valence-corrected chi connectivity index (χ4v) is 1.51. The summed E-state index contributed by atoms with van der Waals surface area (Å²) in [6, 6.07) is 0. The Labute approximate surface area is 71.7 Å². The van der Waals surface area contributed by atoms with Crippen LogP contribution in [0.5, 0.6) is 0 Å². The predicted octanol–water partition coefficient (Wildman–Crippen LogP) is 3.88. The smallest absolute Gasteiger partial charge is 0.0206 e. The molecule has 0 radical (unpaired) electrons. The maximum atomic E-state index is 2.32. The van der Waals surface area contributed by atoms with Crippen LogP contribution < -0.4 is 0 Å². The van der Waals surface area contributed by atoms with Crippen molar-refractivity contribution >= 4 is 0 Å². The van der Waals surface area contributed by atoms with Gasteiger partial charge in [0.25, 0.3) is 0 Å². The summed E-state index contributed by atoms with van der Waals surface area (Å²) in [5.74, 6) is 2.21. The summed E-state index contributed by atoms with van der Waals surface area (Å²) in [5.41, 5.74) is 1.60. The predicted molar refractivity (Wildman–Crippen MR) is 52.6 cm³/mol. The first-order valence-corrected chi connectivity index (χ1v) is 4.66. The van der Waals surface area contributed by atoms with Gasteiger partial charge in [-0.2, -0.15) is 0 Å². The van der Waals surface area contributed by atoms with Crippen LogP contribution in [0.3, 0.4) is 0 Å². The van der Waals surface area contributed by atoms with Crippen molar-refractivity contribution in [1.29, 1.82) is 0 Å². The largest absolute Gasteiger partial charge is 0.0879 e. The third-order valence-corrected chi connectivity index (χ3v) is 2.53. The highest BCUT2D eigenvalue weighted by molar-refractivity contribution is 5.07. The second-order valence-electron chi connectivity index (χ2n) is 3.98. The summed E-state index contributed by atoms with van der Waals surface area (Å²) >= 11 is 0. The quantitative estimate of drug-likeness (QED) is 0.541. The lowest BCUT2D eigenvalue weighted by Gasteiger charge is -2.22. The number of allylic oxidation sites excluding steroid dienone is 2. The topological polar surface area (TPSA) is 0 Å². The van der Waals surface area contributed by atoms with Crippen LogP contribution in [-0.4, -0.2) is 0 Å². The van der Waals surface area contributed by atoms with Gasteiger partial charge in [-0.3, -0.25) is 0 Å². The molecule has 0 rings (SSSR count). The lowest BCUT2D eigenvalue weighted by atomic mass is 9.84. The van der Waals surface area contributed by atoms with E-state index in [9.17, 15) is 0 Å². The van der Waals surface area contributed by atoms with Crippen LogP contribution in [0, 0.1) is 17.8 Å². The highest BCUT2D eigenvalue weighted by atomic mass is 14.2. The maximum absolute atomic E-state index is 2.32. The zero-order chi connectivity index (χ0) is 9.02. The van der Waals surface area contributed by atoms with Crippen LogP contribution in [0.25, 0.3) is 0 Å². The summed E-state index contributed by atoms with van der Waals surface area (Å²) in [7, 11) is 0. The molecule has 0 aliphatic carbocycles. The highest BCUT2D eigenvalue weighted by Gasteiger charge is 2.14. The molecule has 11 heavy (non-hydrogen) atoms. The lowest BCUT2D eigenvalue weighted by Crippen LogP contribution is -2.11. The molecular weight excluding hydrogens is 132 g/mol. The van der Waals surface area contributed by atoms with Crippen LogP contribution in [0.15, 0.2) is 11.6 Å². The van der Waals surface area contributed by atoms with Crippen molar-refractivity contribution in [2.24, 2.45) is 17.8 Å². The molecular formula is C11H22. The van der Waals surface area contributed by atoms with E-state index in [2.05, 4.69) is 47.6 Å². The molecule has 66 valence electrons. The fourth-order valence-electron chi connectivity index (χ4n) is 1.51. The van der Waals surface area contributed by atoms with Gasteiger partial charge in [0.15, 0.2) is 0 Å². The standard InChI is InChI=1S/C11H22/c1-7-11(9(4)5)10(6)8(2)3/h7-10H,1-6H3. The molecule has 0 spiro atoms. The van der Waals surface area contributed by atoms with Gasteiger partial charge in [-0.05, 0) is 24.7 Å². The second kappa shape index (κ2) is 4.58. The third kappa shape index (κ3) is 3.09. The van der Waals surface area contributed by atoms with Gasteiger partial charge in [0.1, 0.15) is 0 Å². The Hall–Kier alpha value is -0.260. The minimum absolute atomic E-state index is 0.706. The van der Waals surface area contributed by atoms with Crippen molar-refractivity contribution < 1.29 is 0 Å². The first-order valence-electron chi connectivity index (χ1n) is 4.66. The zero-order valence-electron chi connectivity index (χ0n) is 8.81. The van der Waals surface area contributed by atoms with Gasteiger partial charge in [0, 0.05) is 0 Å². The number of hydrogen-bond acceptors (Lipinski definition) is 0. The van der Waals surface area contributed by atoms with Gasteiger partial charge in [0.2, 0.25) is 0 Å². The maximum Gasteiger partial charge on any atom is -0.0206 e. The van der Waals surface area contributed by atoms with Gasteiger partial charge in [0.05, 0.1) is 0 Å².